The molecule has 1 aromatic heterocycles. The van der Waals surface area contributed by atoms with Gasteiger partial charge in [-0.1, -0.05) is 18.5 Å². The Morgan fingerprint density at radius 2 is 2.26 bits per heavy atom. The zero-order valence-electron chi connectivity index (χ0n) is 11.3. The predicted molar refractivity (Wildman–Crippen MR) is 76.8 cm³/mol. The van der Waals surface area contributed by atoms with E-state index in [0.717, 1.165) is 6.42 Å². The molecule has 1 aromatic rings. The Bertz CT molecular complexity index is 448. The van der Waals surface area contributed by atoms with Crippen LogP contribution in [0.25, 0.3) is 0 Å². The number of halogens is 1. The van der Waals surface area contributed by atoms with Crippen molar-refractivity contribution in [2.75, 3.05) is 25.0 Å². The van der Waals surface area contributed by atoms with Crippen LogP contribution in [-0.4, -0.2) is 40.6 Å². The number of aliphatic hydroxyl groups is 1. The summed E-state index contributed by atoms with van der Waals surface area (Å²) >= 11 is 6.00. The van der Waals surface area contributed by atoms with Gasteiger partial charge >= 0.3 is 0 Å². The fourth-order valence-electron chi connectivity index (χ4n) is 1.56. The molecule has 19 heavy (non-hydrogen) atoms. The quantitative estimate of drug-likeness (QED) is 0.614. The van der Waals surface area contributed by atoms with Gasteiger partial charge in [-0.2, -0.15) is 5.10 Å². The second-order valence-corrected chi connectivity index (χ2v) is 4.76. The molecule has 3 N–H and O–H groups in total. The predicted octanol–water partition coefficient (Wildman–Crippen LogP) is 0.689. The van der Waals surface area contributed by atoms with E-state index >= 15 is 0 Å². The first kappa shape index (κ1) is 15.9. The lowest BCUT2D eigenvalue weighted by molar-refractivity contribution is 0.192. The Labute approximate surface area is 117 Å². The molecule has 108 valence electrons. The van der Waals surface area contributed by atoms with E-state index in [1.54, 1.807) is 13.1 Å². The fourth-order valence-corrected chi connectivity index (χ4v) is 1.77. The zero-order valence-corrected chi connectivity index (χ0v) is 12.1. The average Bonchev–Trinajstić information content (AvgIpc) is 2.37. The highest BCUT2D eigenvalue weighted by molar-refractivity contribution is 6.32. The molecule has 0 saturated heterocycles. The van der Waals surface area contributed by atoms with E-state index in [-0.39, 0.29) is 16.7 Å². The van der Waals surface area contributed by atoms with Gasteiger partial charge in [0.25, 0.3) is 5.56 Å². The number of rotatable bonds is 8. The Balaban J connectivity index is 2.51. The molecule has 0 radical (unpaired) electrons. The van der Waals surface area contributed by atoms with Crippen LogP contribution in [0.5, 0.6) is 0 Å². The highest BCUT2D eigenvalue weighted by Crippen LogP contribution is 2.14. The minimum atomic E-state index is -0.372. The third-order valence-electron chi connectivity index (χ3n) is 2.48. The van der Waals surface area contributed by atoms with Crippen LogP contribution < -0.4 is 16.2 Å². The molecule has 6 nitrogen and oxygen atoms in total. The summed E-state index contributed by atoms with van der Waals surface area (Å²) in [6.07, 6.45) is 2.02. The van der Waals surface area contributed by atoms with Crippen molar-refractivity contribution in [1.29, 1.82) is 0 Å². The topological polar surface area (TPSA) is 79.2 Å². The lowest BCUT2D eigenvalue weighted by Crippen LogP contribution is -2.30. The second kappa shape index (κ2) is 8.14. The standard InChI is InChI=1S/C12H21ClN4O2/c1-3-6-17-12(19)11(13)10(8-16-17)15-5-4-14-7-9(2)18/h8-9,14-15,18H,3-7H2,1-2H3. The van der Waals surface area contributed by atoms with Crippen LogP contribution in [0.15, 0.2) is 11.0 Å². The average molecular weight is 289 g/mol. The molecular formula is C12H21ClN4O2. The van der Waals surface area contributed by atoms with E-state index < -0.39 is 0 Å². The van der Waals surface area contributed by atoms with Crippen molar-refractivity contribution in [2.45, 2.75) is 32.9 Å². The lowest BCUT2D eigenvalue weighted by Gasteiger charge is -2.11. The van der Waals surface area contributed by atoms with Gasteiger partial charge in [0.15, 0.2) is 0 Å². The monoisotopic (exact) mass is 288 g/mol. The molecule has 1 unspecified atom stereocenters. The minimum Gasteiger partial charge on any atom is -0.392 e. The minimum absolute atomic E-state index is 0.166. The molecule has 0 fully saturated rings. The molecule has 1 atom stereocenters. The molecular weight excluding hydrogens is 268 g/mol. The largest absolute Gasteiger partial charge is 0.392 e. The maximum atomic E-state index is 11.8. The van der Waals surface area contributed by atoms with E-state index in [0.29, 0.717) is 31.9 Å². The van der Waals surface area contributed by atoms with E-state index in [9.17, 15) is 4.79 Å². The molecule has 0 aliphatic carbocycles. The van der Waals surface area contributed by atoms with Gasteiger partial charge in [-0.3, -0.25) is 4.79 Å². The van der Waals surface area contributed by atoms with Gasteiger partial charge in [0.05, 0.1) is 18.0 Å². The number of aryl methyl sites for hydroxylation is 1. The molecule has 0 aliphatic rings. The third-order valence-corrected chi connectivity index (χ3v) is 2.84. The fraction of sp³-hybridized carbons (Fsp3) is 0.667. The zero-order chi connectivity index (χ0) is 14.3. The van der Waals surface area contributed by atoms with Gasteiger partial charge in [0.2, 0.25) is 0 Å². The van der Waals surface area contributed by atoms with Crippen molar-refractivity contribution in [2.24, 2.45) is 0 Å². The van der Waals surface area contributed by atoms with Crippen molar-refractivity contribution in [3.63, 3.8) is 0 Å². The van der Waals surface area contributed by atoms with Crippen molar-refractivity contribution in [3.05, 3.63) is 21.6 Å². The highest BCUT2D eigenvalue weighted by Gasteiger charge is 2.08. The summed E-state index contributed by atoms with van der Waals surface area (Å²) in [5, 5.41) is 19.4. The second-order valence-electron chi connectivity index (χ2n) is 4.38. The van der Waals surface area contributed by atoms with Crippen LogP contribution in [0.3, 0.4) is 0 Å². The third kappa shape index (κ3) is 5.18. The molecule has 0 saturated carbocycles. The van der Waals surface area contributed by atoms with Crippen LogP contribution in [0.2, 0.25) is 5.02 Å². The SMILES string of the molecule is CCCn1ncc(NCCNCC(C)O)c(Cl)c1=O. The Morgan fingerprint density at radius 3 is 2.89 bits per heavy atom. The molecule has 1 heterocycles. The molecule has 0 aromatic carbocycles. The summed E-state index contributed by atoms with van der Waals surface area (Å²) in [7, 11) is 0. The first-order valence-corrected chi connectivity index (χ1v) is 6.82. The van der Waals surface area contributed by atoms with Crippen molar-refractivity contribution >= 4 is 17.3 Å². The Morgan fingerprint density at radius 1 is 1.53 bits per heavy atom. The van der Waals surface area contributed by atoms with Gasteiger partial charge in [-0.25, -0.2) is 4.68 Å². The Hall–Kier alpha value is -1.11. The van der Waals surface area contributed by atoms with Crippen molar-refractivity contribution < 1.29 is 5.11 Å². The van der Waals surface area contributed by atoms with E-state index in [2.05, 4.69) is 15.7 Å². The summed E-state index contributed by atoms with van der Waals surface area (Å²) in [4.78, 5) is 11.8. The van der Waals surface area contributed by atoms with Crippen molar-refractivity contribution in [1.82, 2.24) is 15.1 Å². The smallest absolute Gasteiger partial charge is 0.287 e. The molecule has 0 amide bonds. The first-order chi connectivity index (χ1) is 9.06. The molecule has 0 spiro atoms. The van der Waals surface area contributed by atoms with Crippen LogP contribution in [0.1, 0.15) is 20.3 Å². The first-order valence-electron chi connectivity index (χ1n) is 6.44. The number of nitrogens with zero attached hydrogens (tertiary/aromatic N) is 2. The van der Waals surface area contributed by atoms with E-state index in [1.165, 1.54) is 4.68 Å². The van der Waals surface area contributed by atoms with E-state index in [1.807, 2.05) is 6.92 Å². The molecule has 7 heteroatoms. The van der Waals surface area contributed by atoms with Gasteiger partial charge < -0.3 is 15.7 Å². The van der Waals surface area contributed by atoms with Crippen molar-refractivity contribution in [3.8, 4) is 0 Å². The number of hydrogen-bond donors (Lipinski definition) is 3. The van der Waals surface area contributed by atoms with Gasteiger partial charge in [-0.15, -0.1) is 0 Å². The van der Waals surface area contributed by atoms with Gasteiger partial charge in [0.1, 0.15) is 5.02 Å². The van der Waals surface area contributed by atoms with E-state index in [4.69, 9.17) is 16.7 Å². The Kier molecular flexibility index (Phi) is 6.83. The summed E-state index contributed by atoms with van der Waals surface area (Å²) in [6, 6.07) is 0. The highest BCUT2D eigenvalue weighted by atomic mass is 35.5. The maximum Gasteiger partial charge on any atom is 0.287 e. The van der Waals surface area contributed by atoms with Crippen LogP contribution in [-0.2, 0) is 6.54 Å². The number of anilines is 1. The van der Waals surface area contributed by atoms with Gasteiger partial charge in [-0.05, 0) is 13.3 Å². The number of aliphatic hydroxyl groups excluding tert-OH is 1. The van der Waals surface area contributed by atoms with Gasteiger partial charge in [0, 0.05) is 26.2 Å². The normalized spacial score (nSPS) is 12.4. The summed E-state index contributed by atoms with van der Waals surface area (Å²) in [5.41, 5.74) is 0.267. The van der Waals surface area contributed by atoms with Crippen LogP contribution >= 0.6 is 11.6 Å². The molecule has 1 rings (SSSR count). The van der Waals surface area contributed by atoms with Crippen LogP contribution in [0, 0.1) is 0 Å². The molecule has 0 bridgehead atoms. The summed E-state index contributed by atoms with van der Waals surface area (Å²) < 4.78 is 1.36. The maximum absolute atomic E-state index is 11.8. The van der Waals surface area contributed by atoms with Crippen LogP contribution in [0.4, 0.5) is 5.69 Å². The number of hydrogen-bond acceptors (Lipinski definition) is 5. The summed E-state index contributed by atoms with van der Waals surface area (Å²) in [6.45, 7) is 6.06. The summed E-state index contributed by atoms with van der Waals surface area (Å²) in [5.74, 6) is 0. The number of nitrogens with one attached hydrogen (secondary N) is 2. The number of aromatic nitrogens is 2. The molecule has 0 aliphatic heterocycles. The lowest BCUT2D eigenvalue weighted by atomic mass is 10.4.